The van der Waals surface area contributed by atoms with E-state index in [1.54, 1.807) is 0 Å². The molecule has 1 unspecified atom stereocenters. The van der Waals surface area contributed by atoms with Crippen LogP contribution in [-0.2, 0) is 9.53 Å². The third kappa shape index (κ3) is 2.39. The van der Waals surface area contributed by atoms with Gasteiger partial charge in [-0.05, 0) is 19.3 Å². The predicted molar refractivity (Wildman–Crippen MR) is 66.6 cm³/mol. The van der Waals surface area contributed by atoms with Gasteiger partial charge >= 0.3 is 5.97 Å². The van der Waals surface area contributed by atoms with Crippen molar-refractivity contribution in [3.05, 3.63) is 0 Å². The highest BCUT2D eigenvalue weighted by Crippen LogP contribution is 2.38. The Morgan fingerprint density at radius 3 is 2.61 bits per heavy atom. The van der Waals surface area contributed by atoms with Gasteiger partial charge in [-0.15, -0.1) is 0 Å². The van der Waals surface area contributed by atoms with Crippen LogP contribution in [0.5, 0.6) is 0 Å². The SMILES string of the molecule is O=C(O)CC1(N2CCOCC2)CCN(C2CC2)C1. The molecule has 0 amide bonds. The van der Waals surface area contributed by atoms with E-state index in [1.165, 1.54) is 12.8 Å². The van der Waals surface area contributed by atoms with Crippen LogP contribution in [0.15, 0.2) is 0 Å². The second kappa shape index (κ2) is 4.79. The van der Waals surface area contributed by atoms with E-state index in [1.807, 2.05) is 0 Å². The standard InChI is InChI=1S/C13H22N2O3/c16-12(17)9-13(15-5-7-18-8-6-15)3-4-14(10-13)11-1-2-11/h11H,1-10H2,(H,16,17). The number of carbonyl (C=O) groups is 1. The van der Waals surface area contributed by atoms with E-state index in [2.05, 4.69) is 9.80 Å². The molecule has 1 aliphatic carbocycles. The van der Waals surface area contributed by atoms with E-state index in [4.69, 9.17) is 4.74 Å². The first-order valence-electron chi connectivity index (χ1n) is 6.98. The molecule has 1 N–H and O–H groups in total. The molecule has 5 heteroatoms. The predicted octanol–water partition coefficient (Wildman–Crippen LogP) is 0.400. The molecular formula is C13H22N2O3. The maximum absolute atomic E-state index is 11.2. The lowest BCUT2D eigenvalue weighted by atomic mass is 9.91. The highest BCUT2D eigenvalue weighted by molar-refractivity contribution is 5.68. The summed E-state index contributed by atoms with van der Waals surface area (Å²) >= 11 is 0. The first kappa shape index (κ1) is 12.4. The highest BCUT2D eigenvalue weighted by atomic mass is 16.5. The summed E-state index contributed by atoms with van der Waals surface area (Å²) in [6.45, 7) is 5.24. The molecule has 0 aromatic rings. The Morgan fingerprint density at radius 1 is 1.28 bits per heavy atom. The Morgan fingerprint density at radius 2 is 2.00 bits per heavy atom. The molecule has 0 aromatic carbocycles. The molecule has 0 aromatic heterocycles. The van der Waals surface area contributed by atoms with E-state index in [0.717, 1.165) is 51.9 Å². The van der Waals surface area contributed by atoms with Crippen LogP contribution >= 0.6 is 0 Å². The van der Waals surface area contributed by atoms with Crippen molar-refractivity contribution in [1.29, 1.82) is 0 Å². The number of hydrogen-bond donors (Lipinski definition) is 1. The Kier molecular flexibility index (Phi) is 3.30. The van der Waals surface area contributed by atoms with E-state index in [0.29, 0.717) is 0 Å². The van der Waals surface area contributed by atoms with Crippen LogP contribution in [-0.4, -0.2) is 71.8 Å². The van der Waals surface area contributed by atoms with E-state index in [9.17, 15) is 9.90 Å². The Bertz CT molecular complexity index is 326. The minimum Gasteiger partial charge on any atom is -0.481 e. The van der Waals surface area contributed by atoms with Crippen molar-refractivity contribution in [2.24, 2.45) is 0 Å². The zero-order valence-electron chi connectivity index (χ0n) is 10.8. The summed E-state index contributed by atoms with van der Waals surface area (Å²) in [5.74, 6) is -0.667. The zero-order valence-corrected chi connectivity index (χ0v) is 10.8. The monoisotopic (exact) mass is 254 g/mol. The lowest BCUT2D eigenvalue weighted by Gasteiger charge is -2.42. The molecule has 3 aliphatic rings. The number of ether oxygens (including phenoxy) is 1. The summed E-state index contributed by atoms with van der Waals surface area (Å²) in [6.07, 6.45) is 3.87. The van der Waals surface area contributed by atoms with Crippen molar-refractivity contribution < 1.29 is 14.6 Å². The molecule has 2 saturated heterocycles. The van der Waals surface area contributed by atoms with Crippen molar-refractivity contribution in [3.8, 4) is 0 Å². The molecule has 18 heavy (non-hydrogen) atoms. The Labute approximate surface area is 108 Å². The summed E-state index contributed by atoms with van der Waals surface area (Å²) < 4.78 is 5.39. The lowest BCUT2D eigenvalue weighted by Crippen LogP contribution is -2.56. The van der Waals surface area contributed by atoms with Crippen LogP contribution in [0.3, 0.4) is 0 Å². The summed E-state index contributed by atoms with van der Waals surface area (Å²) in [4.78, 5) is 16.1. The average molecular weight is 254 g/mol. The fourth-order valence-corrected chi connectivity index (χ4v) is 3.47. The maximum atomic E-state index is 11.2. The summed E-state index contributed by atoms with van der Waals surface area (Å²) in [5, 5.41) is 9.23. The molecule has 3 rings (SSSR count). The molecular weight excluding hydrogens is 232 g/mol. The van der Waals surface area contributed by atoms with Crippen LogP contribution < -0.4 is 0 Å². The minimum absolute atomic E-state index is 0.141. The minimum atomic E-state index is -0.667. The smallest absolute Gasteiger partial charge is 0.305 e. The van der Waals surface area contributed by atoms with Crippen LogP contribution in [0.4, 0.5) is 0 Å². The van der Waals surface area contributed by atoms with Gasteiger partial charge in [-0.2, -0.15) is 0 Å². The third-order valence-corrected chi connectivity index (χ3v) is 4.59. The fraction of sp³-hybridized carbons (Fsp3) is 0.923. The number of morpholine rings is 1. The molecule has 2 aliphatic heterocycles. The summed E-state index contributed by atoms with van der Waals surface area (Å²) in [5.41, 5.74) is -0.141. The van der Waals surface area contributed by atoms with Crippen molar-refractivity contribution in [2.45, 2.75) is 37.3 Å². The number of rotatable bonds is 4. The molecule has 1 saturated carbocycles. The van der Waals surface area contributed by atoms with Crippen LogP contribution in [0, 0.1) is 0 Å². The number of nitrogens with zero attached hydrogens (tertiary/aromatic N) is 2. The van der Waals surface area contributed by atoms with Crippen molar-refractivity contribution in [1.82, 2.24) is 9.80 Å². The first-order chi connectivity index (χ1) is 8.70. The zero-order chi connectivity index (χ0) is 12.6. The van der Waals surface area contributed by atoms with Crippen molar-refractivity contribution in [2.75, 3.05) is 39.4 Å². The van der Waals surface area contributed by atoms with E-state index in [-0.39, 0.29) is 12.0 Å². The van der Waals surface area contributed by atoms with Gasteiger partial charge in [0.15, 0.2) is 0 Å². The average Bonchev–Trinajstić information content (AvgIpc) is 3.13. The summed E-state index contributed by atoms with van der Waals surface area (Å²) in [6, 6.07) is 0.738. The van der Waals surface area contributed by atoms with Crippen LogP contribution in [0.25, 0.3) is 0 Å². The van der Waals surface area contributed by atoms with Gasteiger partial charge in [0, 0.05) is 37.8 Å². The number of aliphatic carboxylic acids is 1. The van der Waals surface area contributed by atoms with E-state index < -0.39 is 5.97 Å². The first-order valence-corrected chi connectivity index (χ1v) is 6.98. The molecule has 0 bridgehead atoms. The number of likely N-dealkylation sites (tertiary alicyclic amines) is 1. The second-order valence-corrected chi connectivity index (χ2v) is 5.85. The lowest BCUT2D eigenvalue weighted by molar-refractivity contribution is -0.141. The van der Waals surface area contributed by atoms with Gasteiger partial charge in [0.2, 0.25) is 0 Å². The number of carboxylic acids is 1. The van der Waals surface area contributed by atoms with Crippen molar-refractivity contribution in [3.63, 3.8) is 0 Å². The van der Waals surface area contributed by atoms with Gasteiger partial charge in [-0.25, -0.2) is 0 Å². The molecule has 5 nitrogen and oxygen atoms in total. The van der Waals surface area contributed by atoms with Gasteiger partial charge in [0.05, 0.1) is 19.6 Å². The Hall–Kier alpha value is -0.650. The summed E-state index contributed by atoms with van der Waals surface area (Å²) in [7, 11) is 0. The van der Waals surface area contributed by atoms with Gasteiger partial charge in [-0.3, -0.25) is 14.6 Å². The molecule has 3 fully saturated rings. The largest absolute Gasteiger partial charge is 0.481 e. The maximum Gasteiger partial charge on any atom is 0.305 e. The van der Waals surface area contributed by atoms with Crippen LogP contribution in [0.1, 0.15) is 25.7 Å². The van der Waals surface area contributed by atoms with Gasteiger partial charge < -0.3 is 9.84 Å². The molecule has 0 spiro atoms. The normalized spacial score (nSPS) is 34.9. The number of hydrogen-bond acceptors (Lipinski definition) is 4. The van der Waals surface area contributed by atoms with Gasteiger partial charge in [-0.1, -0.05) is 0 Å². The Balaban J connectivity index is 1.73. The van der Waals surface area contributed by atoms with Gasteiger partial charge in [0.1, 0.15) is 0 Å². The highest BCUT2D eigenvalue weighted by Gasteiger charge is 2.47. The fourth-order valence-electron chi connectivity index (χ4n) is 3.47. The molecule has 0 radical (unpaired) electrons. The third-order valence-electron chi connectivity index (χ3n) is 4.59. The van der Waals surface area contributed by atoms with Crippen molar-refractivity contribution >= 4 is 5.97 Å². The molecule has 2 heterocycles. The van der Waals surface area contributed by atoms with E-state index >= 15 is 0 Å². The second-order valence-electron chi connectivity index (χ2n) is 5.85. The molecule has 1 atom stereocenters. The van der Waals surface area contributed by atoms with Crippen LogP contribution in [0.2, 0.25) is 0 Å². The van der Waals surface area contributed by atoms with Gasteiger partial charge in [0.25, 0.3) is 0 Å². The number of carboxylic acid groups (broad SMARTS) is 1. The topological polar surface area (TPSA) is 53.0 Å². The molecule has 102 valence electrons. The quantitative estimate of drug-likeness (QED) is 0.787.